The Balaban J connectivity index is 2.00. The van der Waals surface area contributed by atoms with Crippen molar-refractivity contribution >= 4 is 17.6 Å². The first-order chi connectivity index (χ1) is 11.0. The predicted molar refractivity (Wildman–Crippen MR) is 82.9 cm³/mol. The first-order valence-electron chi connectivity index (χ1n) is 6.91. The van der Waals surface area contributed by atoms with Gasteiger partial charge in [-0.15, -0.1) is 0 Å². The molecule has 2 rings (SSSR count). The normalized spacial score (nSPS) is 11.4. The van der Waals surface area contributed by atoms with Crippen LogP contribution in [0.5, 0.6) is 5.75 Å². The molecule has 2 aromatic carbocycles. The predicted octanol–water partition coefficient (Wildman–Crippen LogP) is 3.02. The van der Waals surface area contributed by atoms with E-state index in [-0.39, 0.29) is 5.82 Å². The molecule has 120 valence electrons. The minimum absolute atomic E-state index is 0.331. The second-order valence-corrected chi connectivity index (χ2v) is 4.78. The van der Waals surface area contributed by atoms with Crippen LogP contribution in [-0.2, 0) is 9.53 Å². The van der Waals surface area contributed by atoms with Crippen LogP contribution >= 0.6 is 0 Å². The fourth-order valence-corrected chi connectivity index (χ4v) is 1.86. The van der Waals surface area contributed by atoms with E-state index in [1.54, 1.807) is 25.1 Å². The van der Waals surface area contributed by atoms with E-state index in [2.05, 4.69) is 10.1 Å². The van der Waals surface area contributed by atoms with Gasteiger partial charge in [0.05, 0.1) is 12.7 Å². The highest BCUT2D eigenvalue weighted by Crippen LogP contribution is 2.15. The summed E-state index contributed by atoms with van der Waals surface area (Å²) in [5, 5.41) is 2.65. The van der Waals surface area contributed by atoms with Crippen molar-refractivity contribution in [2.75, 3.05) is 12.4 Å². The average molecular weight is 317 g/mol. The van der Waals surface area contributed by atoms with Crippen LogP contribution in [0.4, 0.5) is 10.1 Å². The Labute approximate surface area is 133 Å². The van der Waals surface area contributed by atoms with Crippen LogP contribution in [0, 0.1) is 5.82 Å². The number of carbonyl (C=O) groups excluding carboxylic acids is 2. The van der Waals surface area contributed by atoms with Crippen molar-refractivity contribution in [2.24, 2.45) is 0 Å². The lowest BCUT2D eigenvalue weighted by Crippen LogP contribution is -2.30. The third-order valence-corrected chi connectivity index (χ3v) is 3.05. The van der Waals surface area contributed by atoms with E-state index in [0.717, 1.165) is 0 Å². The summed E-state index contributed by atoms with van der Waals surface area (Å²) in [6.45, 7) is 1.57. The van der Waals surface area contributed by atoms with Gasteiger partial charge in [-0.2, -0.15) is 0 Å². The van der Waals surface area contributed by atoms with Gasteiger partial charge < -0.3 is 14.8 Å². The van der Waals surface area contributed by atoms with Gasteiger partial charge in [0.1, 0.15) is 11.6 Å². The Kier molecular flexibility index (Phi) is 5.30. The average Bonchev–Trinajstić information content (AvgIpc) is 2.56. The second-order valence-electron chi connectivity index (χ2n) is 4.78. The number of halogens is 1. The van der Waals surface area contributed by atoms with Crippen LogP contribution in [-0.4, -0.2) is 25.1 Å². The molecule has 0 unspecified atom stereocenters. The molecule has 0 saturated heterocycles. The Morgan fingerprint density at radius 1 is 1.13 bits per heavy atom. The first-order valence-corrected chi connectivity index (χ1v) is 6.91. The van der Waals surface area contributed by atoms with Crippen molar-refractivity contribution in [3.05, 3.63) is 59.9 Å². The van der Waals surface area contributed by atoms with Gasteiger partial charge in [-0.3, -0.25) is 4.79 Å². The fraction of sp³-hybridized carbons (Fsp3) is 0.176. The minimum Gasteiger partial charge on any atom is -0.481 e. The first kappa shape index (κ1) is 16.5. The molecule has 0 radical (unpaired) electrons. The summed E-state index contributed by atoms with van der Waals surface area (Å²) in [4.78, 5) is 23.6. The topological polar surface area (TPSA) is 64.6 Å². The maximum atomic E-state index is 12.8. The van der Waals surface area contributed by atoms with Crippen LogP contribution in [0.3, 0.4) is 0 Å². The van der Waals surface area contributed by atoms with Crippen molar-refractivity contribution < 1.29 is 23.5 Å². The van der Waals surface area contributed by atoms with Gasteiger partial charge in [-0.05, 0) is 49.4 Å². The number of amides is 1. The fourth-order valence-electron chi connectivity index (χ4n) is 1.86. The van der Waals surface area contributed by atoms with Gasteiger partial charge in [0.15, 0.2) is 6.10 Å². The van der Waals surface area contributed by atoms with Gasteiger partial charge in [0, 0.05) is 5.69 Å². The van der Waals surface area contributed by atoms with Crippen LogP contribution in [0.15, 0.2) is 48.5 Å². The molecule has 0 aliphatic rings. The number of hydrogen-bond acceptors (Lipinski definition) is 4. The molecule has 0 aliphatic carbocycles. The summed E-state index contributed by atoms with van der Waals surface area (Å²) in [6, 6.07) is 11.8. The van der Waals surface area contributed by atoms with E-state index in [1.165, 1.54) is 37.4 Å². The summed E-state index contributed by atoms with van der Waals surface area (Å²) in [7, 11) is 1.28. The summed E-state index contributed by atoms with van der Waals surface area (Å²) in [5.74, 6) is -0.875. The van der Waals surface area contributed by atoms with Crippen molar-refractivity contribution in [1.82, 2.24) is 0 Å². The van der Waals surface area contributed by atoms with E-state index in [9.17, 15) is 14.0 Å². The maximum absolute atomic E-state index is 12.8. The van der Waals surface area contributed by atoms with Crippen molar-refractivity contribution in [3.8, 4) is 5.75 Å². The molecule has 6 heteroatoms. The van der Waals surface area contributed by atoms with E-state index in [4.69, 9.17) is 4.74 Å². The molecule has 0 aliphatic heterocycles. The van der Waals surface area contributed by atoms with Crippen molar-refractivity contribution in [2.45, 2.75) is 13.0 Å². The van der Waals surface area contributed by atoms with Crippen molar-refractivity contribution in [1.29, 1.82) is 0 Å². The molecule has 0 saturated carbocycles. The number of methoxy groups -OCH3 is 1. The molecule has 1 amide bonds. The largest absolute Gasteiger partial charge is 0.481 e. The number of esters is 1. The summed E-state index contributed by atoms with van der Waals surface area (Å²) in [6.07, 6.45) is -0.790. The van der Waals surface area contributed by atoms with E-state index < -0.39 is 18.0 Å². The summed E-state index contributed by atoms with van der Waals surface area (Å²) >= 11 is 0. The van der Waals surface area contributed by atoms with Gasteiger partial charge in [0.25, 0.3) is 5.91 Å². The van der Waals surface area contributed by atoms with Crippen LogP contribution < -0.4 is 10.1 Å². The molecular weight excluding hydrogens is 301 g/mol. The van der Waals surface area contributed by atoms with Crippen LogP contribution in [0.2, 0.25) is 0 Å². The number of anilines is 1. The zero-order chi connectivity index (χ0) is 16.8. The van der Waals surface area contributed by atoms with Gasteiger partial charge in [-0.1, -0.05) is 6.07 Å². The molecular formula is C17H16FNO4. The molecule has 23 heavy (non-hydrogen) atoms. The number of nitrogens with one attached hydrogen (secondary N) is 1. The number of rotatable bonds is 5. The third-order valence-electron chi connectivity index (χ3n) is 3.05. The highest BCUT2D eigenvalue weighted by atomic mass is 19.1. The Hall–Kier alpha value is -2.89. The van der Waals surface area contributed by atoms with Crippen LogP contribution in [0.25, 0.3) is 0 Å². The van der Waals surface area contributed by atoms with E-state index in [0.29, 0.717) is 17.0 Å². The molecule has 0 heterocycles. The molecule has 1 atom stereocenters. The SMILES string of the molecule is COC(=O)c1cccc(NC(=O)[C@@H](C)Oc2ccc(F)cc2)c1. The lowest BCUT2D eigenvalue weighted by atomic mass is 10.2. The number of carbonyl (C=O) groups is 2. The monoisotopic (exact) mass is 317 g/mol. The minimum atomic E-state index is -0.790. The number of ether oxygens (including phenoxy) is 2. The smallest absolute Gasteiger partial charge is 0.337 e. The summed E-state index contributed by atoms with van der Waals surface area (Å²) < 4.78 is 22.9. The lowest BCUT2D eigenvalue weighted by molar-refractivity contribution is -0.122. The van der Waals surface area contributed by atoms with Crippen molar-refractivity contribution in [3.63, 3.8) is 0 Å². The zero-order valence-corrected chi connectivity index (χ0v) is 12.7. The van der Waals surface area contributed by atoms with E-state index in [1.807, 2.05) is 0 Å². The molecule has 1 N–H and O–H groups in total. The Morgan fingerprint density at radius 3 is 2.48 bits per heavy atom. The van der Waals surface area contributed by atoms with Gasteiger partial charge >= 0.3 is 5.97 Å². The second kappa shape index (κ2) is 7.40. The Morgan fingerprint density at radius 2 is 1.83 bits per heavy atom. The quantitative estimate of drug-likeness (QED) is 0.861. The van der Waals surface area contributed by atoms with E-state index >= 15 is 0 Å². The number of benzene rings is 2. The van der Waals surface area contributed by atoms with Gasteiger partial charge in [0.2, 0.25) is 0 Å². The van der Waals surface area contributed by atoms with Crippen LogP contribution in [0.1, 0.15) is 17.3 Å². The third kappa shape index (κ3) is 4.54. The van der Waals surface area contributed by atoms with Gasteiger partial charge in [-0.25, -0.2) is 9.18 Å². The lowest BCUT2D eigenvalue weighted by Gasteiger charge is -2.15. The molecule has 0 aromatic heterocycles. The molecule has 0 spiro atoms. The standard InChI is InChI=1S/C17H16FNO4/c1-11(23-15-8-6-13(18)7-9-15)16(20)19-14-5-3-4-12(10-14)17(21)22-2/h3-11H,1-2H3,(H,19,20)/t11-/m1/s1. The molecule has 2 aromatic rings. The zero-order valence-electron chi connectivity index (χ0n) is 12.7. The number of hydrogen-bond donors (Lipinski definition) is 1. The highest BCUT2D eigenvalue weighted by molar-refractivity contribution is 5.96. The Bertz CT molecular complexity index is 700. The summed E-state index contributed by atoms with van der Waals surface area (Å²) in [5.41, 5.74) is 0.782. The molecule has 5 nitrogen and oxygen atoms in total. The highest BCUT2D eigenvalue weighted by Gasteiger charge is 2.15. The molecule has 0 fully saturated rings. The maximum Gasteiger partial charge on any atom is 0.337 e. The molecule has 0 bridgehead atoms.